The Balaban J connectivity index is 1.92. The standard InChI is InChI=1S/C20H14N2/c1-2-7-15(8-3-1)17-10-4-5-11-18(17)19-13-12-16-9-6-14-21-20(16)22-19/h1-14H. The molecule has 0 radical (unpaired) electrons. The summed E-state index contributed by atoms with van der Waals surface area (Å²) < 4.78 is 0. The van der Waals surface area contributed by atoms with Gasteiger partial charge in [0.15, 0.2) is 5.65 Å². The first kappa shape index (κ1) is 12.7. The molecule has 0 fully saturated rings. The highest BCUT2D eigenvalue weighted by Gasteiger charge is 2.08. The van der Waals surface area contributed by atoms with E-state index in [2.05, 4.69) is 59.6 Å². The Labute approximate surface area is 129 Å². The molecule has 0 aliphatic heterocycles. The van der Waals surface area contributed by atoms with Crippen LogP contribution in [0, 0.1) is 0 Å². The van der Waals surface area contributed by atoms with Crippen molar-refractivity contribution in [3.8, 4) is 22.4 Å². The first-order valence-electron chi connectivity index (χ1n) is 7.28. The lowest BCUT2D eigenvalue weighted by molar-refractivity contribution is 1.29. The number of fused-ring (bicyclic) bond motifs is 1. The molecular weight excluding hydrogens is 268 g/mol. The summed E-state index contributed by atoms with van der Waals surface area (Å²) in [7, 11) is 0. The Hall–Kier alpha value is -3.00. The van der Waals surface area contributed by atoms with Gasteiger partial charge in [0.1, 0.15) is 0 Å². The summed E-state index contributed by atoms with van der Waals surface area (Å²) in [6.45, 7) is 0. The highest BCUT2D eigenvalue weighted by Crippen LogP contribution is 2.31. The summed E-state index contributed by atoms with van der Waals surface area (Å²) in [4.78, 5) is 9.08. The van der Waals surface area contributed by atoms with Gasteiger partial charge in [-0.3, -0.25) is 0 Å². The smallest absolute Gasteiger partial charge is 0.159 e. The van der Waals surface area contributed by atoms with Crippen LogP contribution in [0.5, 0.6) is 0 Å². The van der Waals surface area contributed by atoms with Gasteiger partial charge in [0.05, 0.1) is 5.69 Å². The summed E-state index contributed by atoms with van der Waals surface area (Å²) in [5, 5.41) is 1.06. The summed E-state index contributed by atoms with van der Waals surface area (Å²) in [5.74, 6) is 0. The lowest BCUT2D eigenvalue weighted by Crippen LogP contribution is -1.90. The van der Waals surface area contributed by atoms with Crippen molar-refractivity contribution in [2.45, 2.75) is 0 Å². The minimum Gasteiger partial charge on any atom is -0.237 e. The number of pyridine rings is 2. The van der Waals surface area contributed by atoms with Gasteiger partial charge in [-0.2, -0.15) is 0 Å². The second-order valence-electron chi connectivity index (χ2n) is 5.16. The van der Waals surface area contributed by atoms with Crippen LogP contribution in [0.4, 0.5) is 0 Å². The van der Waals surface area contributed by atoms with Crippen LogP contribution in [-0.2, 0) is 0 Å². The lowest BCUT2D eigenvalue weighted by atomic mass is 9.97. The predicted molar refractivity (Wildman–Crippen MR) is 90.4 cm³/mol. The van der Waals surface area contributed by atoms with Crippen molar-refractivity contribution in [2.75, 3.05) is 0 Å². The summed E-state index contributed by atoms with van der Waals surface area (Å²) >= 11 is 0. The molecule has 2 heterocycles. The van der Waals surface area contributed by atoms with Crippen molar-refractivity contribution < 1.29 is 0 Å². The Bertz CT molecular complexity index is 930. The SMILES string of the molecule is c1ccc(-c2ccccc2-c2ccc3cccnc3n2)cc1. The van der Waals surface area contributed by atoms with E-state index in [0.717, 1.165) is 22.3 Å². The first-order chi connectivity index (χ1) is 10.9. The van der Waals surface area contributed by atoms with Crippen LogP contribution >= 0.6 is 0 Å². The van der Waals surface area contributed by atoms with Crippen molar-refractivity contribution in [3.63, 3.8) is 0 Å². The molecule has 0 unspecified atom stereocenters. The number of benzene rings is 2. The van der Waals surface area contributed by atoms with Gasteiger partial charge in [0.25, 0.3) is 0 Å². The molecule has 0 bridgehead atoms. The van der Waals surface area contributed by atoms with Crippen LogP contribution in [0.3, 0.4) is 0 Å². The van der Waals surface area contributed by atoms with Gasteiger partial charge in [-0.05, 0) is 35.4 Å². The van der Waals surface area contributed by atoms with Gasteiger partial charge in [0, 0.05) is 17.1 Å². The molecular formula is C20H14N2. The van der Waals surface area contributed by atoms with Crippen LogP contribution in [-0.4, -0.2) is 9.97 Å². The molecule has 2 aromatic heterocycles. The van der Waals surface area contributed by atoms with Crippen molar-refractivity contribution >= 4 is 11.0 Å². The molecule has 0 aliphatic carbocycles. The van der Waals surface area contributed by atoms with E-state index < -0.39 is 0 Å². The summed E-state index contributed by atoms with van der Waals surface area (Å²) in [6.07, 6.45) is 1.78. The molecule has 4 rings (SSSR count). The maximum absolute atomic E-state index is 4.72. The van der Waals surface area contributed by atoms with Crippen molar-refractivity contribution in [1.82, 2.24) is 9.97 Å². The first-order valence-corrected chi connectivity index (χ1v) is 7.28. The minimum absolute atomic E-state index is 0.780. The Morgan fingerprint density at radius 1 is 0.591 bits per heavy atom. The summed E-state index contributed by atoms with van der Waals surface area (Å²) in [6, 6.07) is 26.8. The number of hydrogen-bond acceptors (Lipinski definition) is 2. The van der Waals surface area contributed by atoms with Crippen LogP contribution in [0.1, 0.15) is 0 Å². The molecule has 0 aliphatic rings. The predicted octanol–water partition coefficient (Wildman–Crippen LogP) is 4.96. The minimum atomic E-state index is 0.780. The van der Waals surface area contributed by atoms with E-state index in [1.54, 1.807) is 6.20 Å². The monoisotopic (exact) mass is 282 g/mol. The normalized spacial score (nSPS) is 10.7. The number of nitrogens with zero attached hydrogens (tertiary/aromatic N) is 2. The Morgan fingerprint density at radius 3 is 2.23 bits per heavy atom. The van der Waals surface area contributed by atoms with Gasteiger partial charge < -0.3 is 0 Å². The fourth-order valence-electron chi connectivity index (χ4n) is 2.68. The quantitative estimate of drug-likeness (QED) is 0.519. The molecule has 0 amide bonds. The van der Waals surface area contributed by atoms with Crippen molar-refractivity contribution in [3.05, 3.63) is 85.1 Å². The van der Waals surface area contributed by atoms with Gasteiger partial charge in [-0.15, -0.1) is 0 Å². The van der Waals surface area contributed by atoms with Gasteiger partial charge >= 0.3 is 0 Å². The largest absolute Gasteiger partial charge is 0.237 e. The third kappa shape index (κ3) is 2.25. The van der Waals surface area contributed by atoms with Crippen LogP contribution < -0.4 is 0 Å². The molecule has 0 saturated carbocycles. The van der Waals surface area contributed by atoms with Crippen LogP contribution in [0.25, 0.3) is 33.4 Å². The molecule has 4 aromatic rings. The molecule has 104 valence electrons. The lowest BCUT2D eigenvalue weighted by Gasteiger charge is -2.09. The average molecular weight is 282 g/mol. The molecule has 0 spiro atoms. The van der Waals surface area contributed by atoms with E-state index in [1.165, 1.54) is 11.1 Å². The van der Waals surface area contributed by atoms with Crippen molar-refractivity contribution in [1.29, 1.82) is 0 Å². The third-order valence-corrected chi connectivity index (χ3v) is 3.75. The summed E-state index contributed by atoms with van der Waals surface area (Å²) in [5.41, 5.74) is 5.24. The molecule has 2 aromatic carbocycles. The van der Waals surface area contributed by atoms with E-state index in [9.17, 15) is 0 Å². The topological polar surface area (TPSA) is 25.8 Å². The molecule has 0 N–H and O–H groups in total. The zero-order valence-corrected chi connectivity index (χ0v) is 12.0. The second-order valence-corrected chi connectivity index (χ2v) is 5.16. The van der Waals surface area contributed by atoms with Crippen LogP contribution in [0.15, 0.2) is 85.1 Å². The zero-order valence-electron chi connectivity index (χ0n) is 12.0. The van der Waals surface area contributed by atoms with E-state index >= 15 is 0 Å². The number of hydrogen-bond donors (Lipinski definition) is 0. The molecule has 2 nitrogen and oxygen atoms in total. The van der Waals surface area contributed by atoms with E-state index in [0.29, 0.717) is 0 Å². The zero-order chi connectivity index (χ0) is 14.8. The second kappa shape index (κ2) is 5.41. The average Bonchev–Trinajstić information content (AvgIpc) is 2.62. The van der Waals surface area contributed by atoms with Gasteiger partial charge in [-0.25, -0.2) is 9.97 Å². The third-order valence-electron chi connectivity index (χ3n) is 3.75. The highest BCUT2D eigenvalue weighted by molar-refractivity contribution is 5.85. The highest BCUT2D eigenvalue weighted by atomic mass is 14.8. The molecule has 22 heavy (non-hydrogen) atoms. The van der Waals surface area contributed by atoms with Gasteiger partial charge in [0.2, 0.25) is 0 Å². The fourth-order valence-corrected chi connectivity index (χ4v) is 2.68. The Morgan fingerprint density at radius 2 is 1.36 bits per heavy atom. The maximum atomic E-state index is 4.72. The van der Waals surface area contributed by atoms with Crippen molar-refractivity contribution in [2.24, 2.45) is 0 Å². The molecule has 0 atom stereocenters. The number of aromatic nitrogens is 2. The molecule has 0 saturated heterocycles. The van der Waals surface area contributed by atoms with E-state index in [4.69, 9.17) is 4.98 Å². The van der Waals surface area contributed by atoms with E-state index in [1.807, 2.05) is 24.3 Å². The maximum Gasteiger partial charge on any atom is 0.159 e. The van der Waals surface area contributed by atoms with Gasteiger partial charge in [-0.1, -0.05) is 54.6 Å². The van der Waals surface area contributed by atoms with E-state index in [-0.39, 0.29) is 0 Å². The number of rotatable bonds is 2. The fraction of sp³-hybridized carbons (Fsp3) is 0. The molecule has 2 heteroatoms. The van der Waals surface area contributed by atoms with Crippen LogP contribution in [0.2, 0.25) is 0 Å². The Kier molecular flexibility index (Phi) is 3.13.